The van der Waals surface area contributed by atoms with Crippen LogP contribution in [-0.4, -0.2) is 11.1 Å². The molecule has 3 N–H and O–H groups in total. The Labute approximate surface area is 111 Å². The molecule has 0 radical (unpaired) electrons. The van der Waals surface area contributed by atoms with Crippen LogP contribution in [0.25, 0.3) is 0 Å². The maximum absolute atomic E-state index is 11.1. The van der Waals surface area contributed by atoms with Gasteiger partial charge in [-0.3, -0.25) is 0 Å². The first-order valence-electron chi connectivity index (χ1n) is 5.88. The lowest BCUT2D eigenvalue weighted by molar-refractivity contribution is 0.0697. The van der Waals surface area contributed by atoms with E-state index in [-0.39, 0.29) is 11.3 Å². The smallest absolute Gasteiger partial charge is 0.337 e. The molecule has 4 heteroatoms. The Morgan fingerprint density at radius 1 is 1.26 bits per heavy atom. The SMILES string of the molecule is Cc1cc(OCc2ccccc2)cc(C(=O)O)c1N. The number of rotatable bonds is 4. The van der Waals surface area contributed by atoms with Crippen molar-refractivity contribution in [3.05, 3.63) is 59.2 Å². The average Bonchev–Trinajstić information content (AvgIpc) is 2.41. The van der Waals surface area contributed by atoms with Gasteiger partial charge in [0.25, 0.3) is 0 Å². The first-order chi connectivity index (χ1) is 9.08. The Bertz CT molecular complexity index is 594. The van der Waals surface area contributed by atoms with Crippen LogP contribution in [0.3, 0.4) is 0 Å². The molecule has 0 aliphatic heterocycles. The molecule has 0 spiro atoms. The normalized spacial score (nSPS) is 10.2. The van der Waals surface area contributed by atoms with Gasteiger partial charge in [-0.15, -0.1) is 0 Å². The van der Waals surface area contributed by atoms with E-state index in [0.29, 0.717) is 17.9 Å². The van der Waals surface area contributed by atoms with Gasteiger partial charge in [-0.25, -0.2) is 4.79 Å². The second-order valence-corrected chi connectivity index (χ2v) is 4.28. The van der Waals surface area contributed by atoms with Crippen molar-refractivity contribution in [1.82, 2.24) is 0 Å². The van der Waals surface area contributed by atoms with Crippen molar-refractivity contribution in [2.75, 3.05) is 5.73 Å². The number of carboxylic acid groups (broad SMARTS) is 1. The van der Waals surface area contributed by atoms with Crippen LogP contribution in [0.15, 0.2) is 42.5 Å². The summed E-state index contributed by atoms with van der Waals surface area (Å²) in [6.45, 7) is 2.15. The largest absolute Gasteiger partial charge is 0.489 e. The third kappa shape index (κ3) is 3.04. The van der Waals surface area contributed by atoms with Crippen LogP contribution in [0, 0.1) is 6.92 Å². The molecule has 4 nitrogen and oxygen atoms in total. The van der Waals surface area contributed by atoms with E-state index in [9.17, 15) is 4.79 Å². The van der Waals surface area contributed by atoms with Crippen LogP contribution in [0.1, 0.15) is 21.5 Å². The molecule has 0 saturated heterocycles. The quantitative estimate of drug-likeness (QED) is 0.826. The summed E-state index contributed by atoms with van der Waals surface area (Å²) >= 11 is 0. The number of ether oxygens (including phenoxy) is 1. The molecule has 0 bridgehead atoms. The molecule has 2 aromatic carbocycles. The summed E-state index contributed by atoms with van der Waals surface area (Å²) in [4.78, 5) is 11.1. The van der Waals surface area contributed by atoms with E-state index in [1.807, 2.05) is 30.3 Å². The van der Waals surface area contributed by atoms with Crippen molar-refractivity contribution in [3.8, 4) is 5.75 Å². The molecule has 0 amide bonds. The van der Waals surface area contributed by atoms with Gasteiger partial charge in [-0.05, 0) is 30.2 Å². The van der Waals surface area contributed by atoms with Crippen molar-refractivity contribution >= 4 is 11.7 Å². The highest BCUT2D eigenvalue weighted by molar-refractivity contribution is 5.95. The number of benzene rings is 2. The summed E-state index contributed by atoms with van der Waals surface area (Å²) < 4.78 is 5.60. The molecule has 19 heavy (non-hydrogen) atoms. The summed E-state index contributed by atoms with van der Waals surface area (Å²) in [6.07, 6.45) is 0. The Morgan fingerprint density at radius 2 is 1.95 bits per heavy atom. The zero-order chi connectivity index (χ0) is 13.8. The molecular formula is C15H15NO3. The molecule has 0 atom stereocenters. The Kier molecular flexibility index (Phi) is 3.71. The third-order valence-electron chi connectivity index (χ3n) is 2.84. The predicted octanol–water partition coefficient (Wildman–Crippen LogP) is 2.85. The summed E-state index contributed by atoms with van der Waals surface area (Å²) in [5.41, 5.74) is 7.79. The summed E-state index contributed by atoms with van der Waals surface area (Å²) in [5, 5.41) is 9.06. The van der Waals surface area contributed by atoms with Crippen molar-refractivity contribution < 1.29 is 14.6 Å². The summed E-state index contributed by atoms with van der Waals surface area (Å²) in [5.74, 6) is -0.543. The molecule has 0 unspecified atom stereocenters. The van der Waals surface area contributed by atoms with Crippen LogP contribution in [0.2, 0.25) is 0 Å². The zero-order valence-electron chi connectivity index (χ0n) is 10.6. The first-order valence-corrected chi connectivity index (χ1v) is 5.88. The number of carboxylic acids is 1. The van der Waals surface area contributed by atoms with E-state index in [1.54, 1.807) is 13.0 Å². The van der Waals surface area contributed by atoms with Crippen molar-refractivity contribution in [2.45, 2.75) is 13.5 Å². The number of nitrogen functional groups attached to an aromatic ring is 1. The van der Waals surface area contributed by atoms with Gasteiger partial charge >= 0.3 is 5.97 Å². The summed E-state index contributed by atoms with van der Waals surface area (Å²) in [7, 11) is 0. The molecule has 2 rings (SSSR count). The fraction of sp³-hybridized carbons (Fsp3) is 0.133. The lowest BCUT2D eigenvalue weighted by atomic mass is 10.1. The van der Waals surface area contributed by atoms with Crippen molar-refractivity contribution in [2.24, 2.45) is 0 Å². The standard InChI is InChI=1S/C15H15NO3/c1-10-7-12(8-13(14(10)16)15(17)18)19-9-11-5-3-2-4-6-11/h2-8H,9,16H2,1H3,(H,17,18). The van der Waals surface area contributed by atoms with Crippen LogP contribution in [-0.2, 0) is 6.61 Å². The number of aromatic carboxylic acids is 1. The fourth-order valence-corrected chi connectivity index (χ4v) is 1.77. The maximum Gasteiger partial charge on any atom is 0.337 e. The third-order valence-corrected chi connectivity index (χ3v) is 2.84. The van der Waals surface area contributed by atoms with Gasteiger partial charge in [0.05, 0.1) is 5.56 Å². The molecule has 0 aliphatic rings. The second-order valence-electron chi connectivity index (χ2n) is 4.28. The van der Waals surface area contributed by atoms with Crippen LogP contribution in [0.5, 0.6) is 5.75 Å². The Morgan fingerprint density at radius 3 is 2.58 bits per heavy atom. The van der Waals surface area contributed by atoms with E-state index in [0.717, 1.165) is 5.56 Å². The number of anilines is 1. The number of nitrogens with two attached hydrogens (primary N) is 1. The highest BCUT2D eigenvalue weighted by Gasteiger charge is 2.12. The van der Waals surface area contributed by atoms with E-state index in [4.69, 9.17) is 15.6 Å². The molecule has 0 saturated carbocycles. The Hall–Kier alpha value is -2.49. The number of hydrogen-bond acceptors (Lipinski definition) is 3. The molecule has 2 aromatic rings. The van der Waals surface area contributed by atoms with Gasteiger partial charge in [0, 0.05) is 5.69 Å². The van der Waals surface area contributed by atoms with Gasteiger partial charge in [-0.1, -0.05) is 30.3 Å². The maximum atomic E-state index is 11.1. The lowest BCUT2D eigenvalue weighted by Gasteiger charge is -2.11. The van der Waals surface area contributed by atoms with E-state index in [1.165, 1.54) is 6.07 Å². The second kappa shape index (κ2) is 5.44. The molecule has 0 heterocycles. The van der Waals surface area contributed by atoms with Gasteiger partial charge in [0.1, 0.15) is 12.4 Å². The highest BCUT2D eigenvalue weighted by Crippen LogP contribution is 2.25. The van der Waals surface area contributed by atoms with E-state index >= 15 is 0 Å². The van der Waals surface area contributed by atoms with Crippen LogP contribution >= 0.6 is 0 Å². The minimum Gasteiger partial charge on any atom is -0.489 e. The van der Waals surface area contributed by atoms with Crippen LogP contribution < -0.4 is 10.5 Å². The van der Waals surface area contributed by atoms with Crippen LogP contribution in [0.4, 0.5) is 5.69 Å². The van der Waals surface area contributed by atoms with Gasteiger partial charge in [0.15, 0.2) is 0 Å². The monoisotopic (exact) mass is 257 g/mol. The van der Waals surface area contributed by atoms with Gasteiger partial charge in [-0.2, -0.15) is 0 Å². The van der Waals surface area contributed by atoms with Gasteiger partial charge in [0.2, 0.25) is 0 Å². The fourth-order valence-electron chi connectivity index (χ4n) is 1.77. The summed E-state index contributed by atoms with van der Waals surface area (Å²) in [6, 6.07) is 12.9. The van der Waals surface area contributed by atoms with E-state index in [2.05, 4.69) is 0 Å². The predicted molar refractivity (Wildman–Crippen MR) is 73.3 cm³/mol. The number of aryl methyl sites for hydroxylation is 1. The zero-order valence-corrected chi connectivity index (χ0v) is 10.6. The highest BCUT2D eigenvalue weighted by atomic mass is 16.5. The minimum absolute atomic E-state index is 0.0723. The van der Waals surface area contributed by atoms with Crippen molar-refractivity contribution in [3.63, 3.8) is 0 Å². The number of hydrogen-bond donors (Lipinski definition) is 2. The van der Waals surface area contributed by atoms with Gasteiger partial charge < -0.3 is 15.6 Å². The molecule has 0 aromatic heterocycles. The number of carbonyl (C=O) groups is 1. The molecule has 98 valence electrons. The van der Waals surface area contributed by atoms with E-state index < -0.39 is 5.97 Å². The minimum atomic E-state index is -1.05. The molecule has 0 aliphatic carbocycles. The first kappa shape index (κ1) is 13.0. The Balaban J connectivity index is 2.19. The lowest BCUT2D eigenvalue weighted by Crippen LogP contribution is -2.05. The molecular weight excluding hydrogens is 242 g/mol. The molecule has 0 fully saturated rings. The topological polar surface area (TPSA) is 72.5 Å². The average molecular weight is 257 g/mol. The van der Waals surface area contributed by atoms with Crippen molar-refractivity contribution in [1.29, 1.82) is 0 Å².